The van der Waals surface area contributed by atoms with Crippen LogP contribution in [0.3, 0.4) is 0 Å². The number of nitrogens with one attached hydrogen (secondary N) is 2. The van der Waals surface area contributed by atoms with Gasteiger partial charge in [-0.25, -0.2) is 0 Å². The van der Waals surface area contributed by atoms with Crippen LogP contribution in [0, 0.1) is 0 Å². The Kier molecular flexibility index (Phi) is 4.76. The van der Waals surface area contributed by atoms with Gasteiger partial charge >= 0.3 is 0 Å². The van der Waals surface area contributed by atoms with Gasteiger partial charge in [-0.2, -0.15) is 0 Å². The molecular formula is C14H20N2O3. The maximum atomic E-state index is 11.9. The van der Waals surface area contributed by atoms with Crippen LogP contribution in [0.2, 0.25) is 0 Å². The van der Waals surface area contributed by atoms with Crippen molar-refractivity contribution < 1.29 is 14.6 Å². The second-order valence-corrected chi connectivity index (χ2v) is 4.84. The Hall–Kier alpha value is -1.59. The molecule has 5 heteroatoms. The number of benzene rings is 1. The quantitative estimate of drug-likeness (QED) is 0.737. The summed E-state index contributed by atoms with van der Waals surface area (Å²) in [4.78, 5) is 11.9. The molecule has 0 radical (unpaired) electrons. The number of hydrogen-bond acceptors (Lipinski definition) is 4. The highest BCUT2D eigenvalue weighted by molar-refractivity contribution is 5.81. The first-order valence-corrected chi connectivity index (χ1v) is 6.56. The zero-order chi connectivity index (χ0) is 13.7. The molecule has 0 spiro atoms. The second kappa shape index (κ2) is 6.54. The third kappa shape index (κ3) is 4.22. The molecule has 1 unspecified atom stereocenters. The van der Waals surface area contributed by atoms with E-state index in [1.165, 1.54) is 0 Å². The lowest BCUT2D eigenvalue weighted by Gasteiger charge is -2.24. The average molecular weight is 264 g/mol. The molecule has 1 amide bonds. The number of carbonyl (C=O) groups excluding carboxylic acids is 1. The van der Waals surface area contributed by atoms with E-state index in [0.717, 1.165) is 18.5 Å². The highest BCUT2D eigenvalue weighted by Gasteiger charge is 2.22. The van der Waals surface area contributed by atoms with Crippen LogP contribution in [0.1, 0.15) is 12.5 Å². The lowest BCUT2D eigenvalue weighted by Crippen LogP contribution is -2.50. The van der Waals surface area contributed by atoms with E-state index >= 15 is 0 Å². The summed E-state index contributed by atoms with van der Waals surface area (Å²) < 4.78 is 5.40. The minimum absolute atomic E-state index is 0.0302. The molecule has 104 valence electrons. The van der Waals surface area contributed by atoms with Gasteiger partial charge < -0.3 is 20.5 Å². The van der Waals surface area contributed by atoms with Crippen LogP contribution in [0.15, 0.2) is 24.3 Å². The fourth-order valence-corrected chi connectivity index (χ4v) is 2.11. The fourth-order valence-electron chi connectivity index (χ4n) is 2.11. The Labute approximate surface area is 113 Å². The summed E-state index contributed by atoms with van der Waals surface area (Å²) in [5.41, 5.74) is 1.08. The molecule has 1 aromatic carbocycles. The van der Waals surface area contributed by atoms with Crippen molar-refractivity contribution in [2.24, 2.45) is 0 Å². The molecule has 0 aliphatic carbocycles. The molecular weight excluding hydrogens is 244 g/mol. The third-order valence-electron chi connectivity index (χ3n) is 3.09. The van der Waals surface area contributed by atoms with Gasteiger partial charge in [0.1, 0.15) is 11.9 Å². The van der Waals surface area contributed by atoms with Crippen LogP contribution in [0.25, 0.3) is 0 Å². The Balaban J connectivity index is 1.81. The Morgan fingerprint density at radius 3 is 2.89 bits per heavy atom. The molecule has 2 rings (SSSR count). The Bertz CT molecular complexity index is 413. The molecule has 3 N–H and O–H groups in total. The van der Waals surface area contributed by atoms with E-state index in [4.69, 9.17) is 4.74 Å². The normalized spacial score (nSPS) is 20.8. The van der Waals surface area contributed by atoms with Crippen molar-refractivity contribution in [3.05, 3.63) is 29.8 Å². The number of hydrogen-bond donors (Lipinski definition) is 3. The highest BCUT2D eigenvalue weighted by Crippen LogP contribution is 2.11. The molecule has 5 nitrogen and oxygen atoms in total. The van der Waals surface area contributed by atoms with Crippen LogP contribution in [0.5, 0.6) is 5.75 Å². The molecule has 1 aliphatic rings. The van der Waals surface area contributed by atoms with Crippen molar-refractivity contribution in [1.29, 1.82) is 0 Å². The average Bonchev–Trinajstić information content (AvgIpc) is 2.42. The second-order valence-electron chi connectivity index (χ2n) is 4.84. The van der Waals surface area contributed by atoms with Gasteiger partial charge in [0.2, 0.25) is 0 Å². The van der Waals surface area contributed by atoms with Crippen LogP contribution in [-0.2, 0) is 16.0 Å². The summed E-state index contributed by atoms with van der Waals surface area (Å²) in [6.45, 7) is 3.90. The molecule has 1 aliphatic heterocycles. The highest BCUT2D eigenvalue weighted by atomic mass is 16.5. The van der Waals surface area contributed by atoms with Crippen molar-refractivity contribution in [3.63, 3.8) is 0 Å². The molecule has 1 aromatic rings. The first kappa shape index (κ1) is 13.8. The maximum Gasteiger partial charge on any atom is 0.250 e. The van der Waals surface area contributed by atoms with Crippen LogP contribution < -0.4 is 10.6 Å². The molecule has 0 saturated carbocycles. The summed E-state index contributed by atoms with van der Waals surface area (Å²) in [5.74, 6) is 0.181. The van der Waals surface area contributed by atoms with Gasteiger partial charge in [-0.3, -0.25) is 4.79 Å². The monoisotopic (exact) mass is 264 g/mol. The predicted octanol–water partition coefficient (Wildman–Crippen LogP) is 0.428. The van der Waals surface area contributed by atoms with Gasteiger partial charge in [-0.05, 0) is 31.0 Å². The van der Waals surface area contributed by atoms with E-state index in [-0.39, 0.29) is 17.7 Å². The largest absolute Gasteiger partial charge is 0.508 e. The van der Waals surface area contributed by atoms with Crippen molar-refractivity contribution in [1.82, 2.24) is 10.6 Å². The van der Waals surface area contributed by atoms with Gasteiger partial charge in [0.25, 0.3) is 5.91 Å². The SMILES string of the molecule is CC(Cc1ccc(O)cc1)NC(=O)[C@@H]1CNCCO1. The molecule has 0 bridgehead atoms. The molecule has 1 saturated heterocycles. The number of aromatic hydroxyl groups is 1. The lowest BCUT2D eigenvalue weighted by atomic mass is 10.1. The summed E-state index contributed by atoms with van der Waals surface area (Å²) in [7, 11) is 0. The Morgan fingerprint density at radius 2 is 2.26 bits per heavy atom. The molecule has 2 atom stereocenters. The van der Waals surface area contributed by atoms with E-state index in [9.17, 15) is 9.90 Å². The number of phenolic OH excluding ortho intramolecular Hbond substituents is 1. The number of phenols is 1. The summed E-state index contributed by atoms with van der Waals surface area (Å²) in [6, 6.07) is 7.05. The van der Waals surface area contributed by atoms with Crippen molar-refractivity contribution in [2.75, 3.05) is 19.7 Å². The first-order chi connectivity index (χ1) is 9.15. The van der Waals surface area contributed by atoms with Crippen molar-refractivity contribution in [2.45, 2.75) is 25.5 Å². The fraction of sp³-hybridized carbons (Fsp3) is 0.500. The standard InChI is InChI=1S/C14H20N2O3/c1-10(8-11-2-4-12(17)5-3-11)16-14(18)13-9-15-6-7-19-13/h2-5,10,13,15,17H,6-9H2,1H3,(H,16,18)/t10?,13-/m0/s1. The zero-order valence-electron chi connectivity index (χ0n) is 11.1. The van der Waals surface area contributed by atoms with E-state index < -0.39 is 6.10 Å². The smallest absolute Gasteiger partial charge is 0.250 e. The minimum atomic E-state index is -0.393. The third-order valence-corrected chi connectivity index (χ3v) is 3.09. The van der Waals surface area contributed by atoms with Crippen LogP contribution >= 0.6 is 0 Å². The molecule has 0 aromatic heterocycles. The maximum absolute atomic E-state index is 11.9. The van der Waals surface area contributed by atoms with Gasteiger partial charge in [0.15, 0.2) is 0 Å². The number of carbonyl (C=O) groups is 1. The van der Waals surface area contributed by atoms with E-state index in [1.807, 2.05) is 19.1 Å². The van der Waals surface area contributed by atoms with Crippen molar-refractivity contribution in [3.8, 4) is 5.75 Å². The van der Waals surface area contributed by atoms with E-state index in [0.29, 0.717) is 13.2 Å². The number of rotatable bonds is 4. The predicted molar refractivity (Wildman–Crippen MR) is 72.0 cm³/mol. The van der Waals surface area contributed by atoms with Gasteiger partial charge in [0.05, 0.1) is 6.61 Å². The summed E-state index contributed by atoms with van der Waals surface area (Å²) in [5, 5.41) is 15.3. The van der Waals surface area contributed by atoms with Crippen molar-refractivity contribution >= 4 is 5.91 Å². The van der Waals surface area contributed by atoms with Crippen LogP contribution in [-0.4, -0.2) is 42.9 Å². The zero-order valence-corrected chi connectivity index (χ0v) is 11.1. The number of morpholine rings is 1. The summed E-state index contributed by atoms with van der Waals surface area (Å²) >= 11 is 0. The number of amides is 1. The topological polar surface area (TPSA) is 70.6 Å². The molecule has 19 heavy (non-hydrogen) atoms. The minimum Gasteiger partial charge on any atom is -0.508 e. The molecule has 1 heterocycles. The lowest BCUT2D eigenvalue weighted by molar-refractivity contribution is -0.134. The van der Waals surface area contributed by atoms with Gasteiger partial charge in [0, 0.05) is 19.1 Å². The number of ether oxygens (including phenoxy) is 1. The molecule has 1 fully saturated rings. The van der Waals surface area contributed by atoms with Gasteiger partial charge in [-0.15, -0.1) is 0 Å². The van der Waals surface area contributed by atoms with Gasteiger partial charge in [-0.1, -0.05) is 12.1 Å². The summed E-state index contributed by atoms with van der Waals surface area (Å²) in [6.07, 6.45) is 0.336. The van der Waals surface area contributed by atoms with E-state index in [1.54, 1.807) is 12.1 Å². The first-order valence-electron chi connectivity index (χ1n) is 6.56. The Morgan fingerprint density at radius 1 is 1.53 bits per heavy atom. The van der Waals surface area contributed by atoms with E-state index in [2.05, 4.69) is 10.6 Å². The van der Waals surface area contributed by atoms with Crippen LogP contribution in [0.4, 0.5) is 0 Å².